The number of nitrogens with one attached hydrogen (secondary N) is 1. The quantitative estimate of drug-likeness (QED) is 0.644. The Bertz CT molecular complexity index is 1310. The molecule has 0 atom stereocenters. The van der Waals surface area contributed by atoms with Crippen LogP contribution in [0.5, 0.6) is 0 Å². The fourth-order valence-electron chi connectivity index (χ4n) is 3.03. The van der Waals surface area contributed by atoms with E-state index in [1.54, 1.807) is 13.8 Å². The molecule has 9 nitrogen and oxygen atoms in total. The van der Waals surface area contributed by atoms with Gasteiger partial charge in [0.1, 0.15) is 18.0 Å². The van der Waals surface area contributed by atoms with Crippen LogP contribution in [0.4, 0.5) is 10.1 Å². The maximum atomic E-state index is 13.7. The number of carbonyl (C=O) groups is 2. The van der Waals surface area contributed by atoms with E-state index < -0.39 is 35.5 Å². The number of ether oxygens (including phenoxy) is 1. The second kappa shape index (κ2) is 7.90. The highest BCUT2D eigenvalue weighted by atomic mass is 19.1. The van der Waals surface area contributed by atoms with E-state index >= 15 is 0 Å². The third kappa shape index (κ3) is 3.71. The number of benzene rings is 1. The molecule has 2 aromatic heterocycles. The van der Waals surface area contributed by atoms with Gasteiger partial charge < -0.3 is 10.1 Å². The van der Waals surface area contributed by atoms with E-state index in [1.165, 1.54) is 32.4 Å². The molecule has 0 aliphatic carbocycles. The number of rotatable bonds is 4. The summed E-state index contributed by atoms with van der Waals surface area (Å²) in [5.74, 6) is -1.99. The van der Waals surface area contributed by atoms with E-state index in [0.29, 0.717) is 15.8 Å². The van der Waals surface area contributed by atoms with Crippen LogP contribution >= 0.6 is 0 Å². The van der Waals surface area contributed by atoms with Gasteiger partial charge in [0.25, 0.3) is 5.56 Å². The molecule has 1 aromatic carbocycles. The number of hydrogen-bond donors (Lipinski definition) is 1. The van der Waals surface area contributed by atoms with Gasteiger partial charge in [0, 0.05) is 18.4 Å². The lowest BCUT2D eigenvalue weighted by molar-refractivity contribution is -0.116. The number of nitrogens with zero attached hydrogens (tertiary/aromatic N) is 3. The largest absolute Gasteiger partial charge is 0.465 e. The Morgan fingerprint density at radius 3 is 2.53 bits per heavy atom. The highest BCUT2D eigenvalue weighted by molar-refractivity contribution is 6.02. The number of pyridine rings is 1. The lowest BCUT2D eigenvalue weighted by Gasteiger charge is -2.13. The normalized spacial score (nSPS) is 10.8. The molecule has 0 fully saturated rings. The van der Waals surface area contributed by atoms with Gasteiger partial charge in [-0.05, 0) is 37.6 Å². The van der Waals surface area contributed by atoms with Crippen molar-refractivity contribution < 1.29 is 18.7 Å². The molecule has 1 amide bonds. The molecule has 156 valence electrons. The zero-order valence-electron chi connectivity index (χ0n) is 16.8. The molecule has 0 bridgehead atoms. The second-order valence-electron chi connectivity index (χ2n) is 6.75. The fourth-order valence-corrected chi connectivity index (χ4v) is 3.03. The number of esters is 1. The molecule has 0 aliphatic rings. The molecular weight excluding hydrogens is 395 g/mol. The van der Waals surface area contributed by atoms with Crippen LogP contribution in [0.25, 0.3) is 11.0 Å². The van der Waals surface area contributed by atoms with Gasteiger partial charge in [-0.3, -0.25) is 18.7 Å². The number of anilines is 1. The Labute approximate surface area is 169 Å². The molecule has 0 aliphatic heterocycles. The molecule has 3 rings (SSSR count). The minimum Gasteiger partial charge on any atom is -0.465 e. The van der Waals surface area contributed by atoms with Crippen molar-refractivity contribution in [2.75, 3.05) is 12.4 Å². The smallest absolute Gasteiger partial charge is 0.338 e. The lowest BCUT2D eigenvalue weighted by Crippen LogP contribution is -2.42. The Morgan fingerprint density at radius 1 is 1.20 bits per heavy atom. The van der Waals surface area contributed by atoms with E-state index in [4.69, 9.17) is 4.74 Å². The highest BCUT2D eigenvalue weighted by Gasteiger charge is 2.21. The molecule has 0 spiro atoms. The first kappa shape index (κ1) is 20.9. The first-order chi connectivity index (χ1) is 14.1. The van der Waals surface area contributed by atoms with Crippen molar-refractivity contribution in [1.29, 1.82) is 0 Å². The first-order valence-corrected chi connectivity index (χ1v) is 8.89. The first-order valence-electron chi connectivity index (χ1n) is 8.89. The monoisotopic (exact) mass is 414 g/mol. The Balaban J connectivity index is 2.10. The third-order valence-corrected chi connectivity index (χ3v) is 4.59. The van der Waals surface area contributed by atoms with Crippen molar-refractivity contribution in [2.45, 2.75) is 20.4 Å². The summed E-state index contributed by atoms with van der Waals surface area (Å²) >= 11 is 0. The van der Waals surface area contributed by atoms with Gasteiger partial charge in [-0.1, -0.05) is 6.07 Å². The molecule has 10 heteroatoms. The van der Waals surface area contributed by atoms with Crippen molar-refractivity contribution in [1.82, 2.24) is 14.1 Å². The van der Waals surface area contributed by atoms with E-state index in [-0.39, 0.29) is 22.3 Å². The number of methoxy groups -OCH3 is 1. The van der Waals surface area contributed by atoms with Crippen molar-refractivity contribution in [2.24, 2.45) is 7.05 Å². The summed E-state index contributed by atoms with van der Waals surface area (Å²) in [4.78, 5) is 54.4. The fraction of sp³-hybridized carbons (Fsp3) is 0.250. The Kier molecular flexibility index (Phi) is 5.50. The summed E-state index contributed by atoms with van der Waals surface area (Å²) in [5, 5.41) is 2.31. The van der Waals surface area contributed by atoms with Crippen LogP contribution in [-0.2, 0) is 23.1 Å². The Hall–Kier alpha value is -3.82. The molecule has 0 radical (unpaired) electrons. The van der Waals surface area contributed by atoms with Crippen LogP contribution in [0.15, 0.2) is 33.9 Å². The number of aromatic nitrogens is 3. The van der Waals surface area contributed by atoms with Crippen LogP contribution in [0.3, 0.4) is 0 Å². The van der Waals surface area contributed by atoms with Crippen LogP contribution in [-0.4, -0.2) is 33.1 Å². The van der Waals surface area contributed by atoms with Gasteiger partial charge in [-0.15, -0.1) is 0 Å². The van der Waals surface area contributed by atoms with E-state index in [2.05, 4.69) is 10.3 Å². The van der Waals surface area contributed by atoms with Gasteiger partial charge in [-0.2, -0.15) is 0 Å². The SMILES string of the molecule is COC(=O)c1cc(C)nc2c1c(=O)n(CC(=O)Nc1ccc(C)c(F)c1)c(=O)n2C. The summed E-state index contributed by atoms with van der Waals surface area (Å²) in [6.07, 6.45) is 0. The van der Waals surface area contributed by atoms with E-state index in [9.17, 15) is 23.6 Å². The van der Waals surface area contributed by atoms with Gasteiger partial charge in [0.15, 0.2) is 0 Å². The maximum absolute atomic E-state index is 13.7. The molecule has 2 heterocycles. The number of hydrogen-bond acceptors (Lipinski definition) is 6. The summed E-state index contributed by atoms with van der Waals surface area (Å²) in [5.41, 5.74) is -0.697. The molecule has 1 N–H and O–H groups in total. The molecule has 30 heavy (non-hydrogen) atoms. The molecule has 0 saturated carbocycles. The summed E-state index contributed by atoms with van der Waals surface area (Å²) < 4.78 is 20.2. The molecule has 0 saturated heterocycles. The zero-order chi connectivity index (χ0) is 22.2. The number of fused-ring (bicyclic) bond motifs is 1. The zero-order valence-corrected chi connectivity index (χ0v) is 16.8. The van der Waals surface area contributed by atoms with Gasteiger partial charge in [0.05, 0.1) is 18.1 Å². The van der Waals surface area contributed by atoms with Crippen molar-refractivity contribution in [3.8, 4) is 0 Å². The third-order valence-electron chi connectivity index (χ3n) is 4.59. The predicted molar refractivity (Wildman–Crippen MR) is 107 cm³/mol. The molecule has 3 aromatic rings. The average molecular weight is 414 g/mol. The van der Waals surface area contributed by atoms with E-state index in [1.807, 2.05) is 0 Å². The van der Waals surface area contributed by atoms with E-state index in [0.717, 1.165) is 10.6 Å². The van der Waals surface area contributed by atoms with Crippen LogP contribution < -0.4 is 16.6 Å². The Morgan fingerprint density at radius 2 is 1.90 bits per heavy atom. The van der Waals surface area contributed by atoms with Crippen molar-refractivity contribution in [3.05, 3.63) is 67.7 Å². The predicted octanol–water partition coefficient (Wildman–Crippen LogP) is 1.28. The summed E-state index contributed by atoms with van der Waals surface area (Å²) in [6.45, 7) is 2.55. The summed E-state index contributed by atoms with van der Waals surface area (Å²) in [7, 11) is 2.54. The summed E-state index contributed by atoms with van der Waals surface area (Å²) in [6, 6.07) is 5.50. The van der Waals surface area contributed by atoms with Crippen LogP contribution in [0.2, 0.25) is 0 Å². The highest BCUT2D eigenvalue weighted by Crippen LogP contribution is 2.15. The van der Waals surface area contributed by atoms with Gasteiger partial charge in [-0.25, -0.2) is 19.0 Å². The number of halogens is 1. The number of amides is 1. The minimum absolute atomic E-state index is 0.00247. The molecular formula is C20H19FN4O5. The van der Waals surface area contributed by atoms with Crippen molar-refractivity contribution >= 4 is 28.6 Å². The van der Waals surface area contributed by atoms with Crippen molar-refractivity contribution in [3.63, 3.8) is 0 Å². The van der Waals surface area contributed by atoms with Gasteiger partial charge >= 0.3 is 11.7 Å². The molecule has 0 unspecified atom stereocenters. The minimum atomic E-state index is -0.855. The van der Waals surface area contributed by atoms with Crippen LogP contribution in [0.1, 0.15) is 21.6 Å². The maximum Gasteiger partial charge on any atom is 0.338 e. The number of carbonyl (C=O) groups excluding carboxylic acids is 2. The average Bonchev–Trinajstić information content (AvgIpc) is 2.71. The lowest BCUT2D eigenvalue weighted by atomic mass is 10.1. The standard InChI is InChI=1S/C20H19FN4O5/c1-10-5-6-12(8-14(10)21)23-15(26)9-25-18(27)16-13(19(28)30-4)7-11(2)22-17(16)24(3)20(25)29/h5-8H,9H2,1-4H3,(H,23,26). The van der Waals surface area contributed by atoms with Crippen LogP contribution in [0, 0.1) is 19.7 Å². The second-order valence-corrected chi connectivity index (χ2v) is 6.75. The number of aryl methyl sites for hydroxylation is 3. The van der Waals surface area contributed by atoms with Gasteiger partial charge in [0.2, 0.25) is 5.91 Å². The topological polar surface area (TPSA) is 112 Å².